The van der Waals surface area contributed by atoms with E-state index in [9.17, 15) is 4.79 Å². The molecule has 0 fully saturated rings. The largest absolute Gasteiger partial charge is 0.497 e. The molecule has 0 atom stereocenters. The third-order valence-electron chi connectivity index (χ3n) is 3.31. The Hall–Kier alpha value is -2.60. The van der Waals surface area contributed by atoms with Crippen molar-refractivity contribution in [1.29, 1.82) is 0 Å². The highest BCUT2D eigenvalue weighted by Gasteiger charge is 2.09. The van der Waals surface area contributed by atoms with Crippen LogP contribution in [-0.2, 0) is 6.54 Å². The SMILES string of the molecule is COc1ccc(CNC(=S)NC(=O)c2cccc(OC(C)C)c2)cc1. The van der Waals surface area contributed by atoms with Gasteiger partial charge in [-0.25, -0.2) is 0 Å². The monoisotopic (exact) mass is 358 g/mol. The fourth-order valence-electron chi connectivity index (χ4n) is 2.13. The van der Waals surface area contributed by atoms with Gasteiger partial charge in [-0.15, -0.1) is 0 Å². The van der Waals surface area contributed by atoms with Gasteiger partial charge in [-0.05, 0) is 62.0 Å². The number of carbonyl (C=O) groups excluding carboxylic acids is 1. The second-order valence-corrected chi connectivity index (χ2v) is 6.09. The molecule has 2 N–H and O–H groups in total. The third kappa shape index (κ3) is 6.08. The average Bonchev–Trinajstić information content (AvgIpc) is 2.60. The van der Waals surface area contributed by atoms with Crippen LogP contribution in [0.4, 0.5) is 0 Å². The summed E-state index contributed by atoms with van der Waals surface area (Å²) < 4.78 is 10.7. The van der Waals surface area contributed by atoms with Crippen LogP contribution < -0.4 is 20.1 Å². The van der Waals surface area contributed by atoms with Crippen LogP contribution in [-0.4, -0.2) is 24.2 Å². The molecule has 2 aromatic carbocycles. The summed E-state index contributed by atoms with van der Waals surface area (Å²) in [4.78, 5) is 12.3. The number of ether oxygens (including phenoxy) is 2. The Morgan fingerprint density at radius 1 is 1.12 bits per heavy atom. The van der Waals surface area contributed by atoms with Crippen molar-refractivity contribution in [2.45, 2.75) is 26.5 Å². The zero-order valence-electron chi connectivity index (χ0n) is 14.5. The van der Waals surface area contributed by atoms with Gasteiger partial charge in [0.05, 0.1) is 13.2 Å². The first-order valence-electron chi connectivity index (χ1n) is 7.96. The predicted molar refractivity (Wildman–Crippen MR) is 102 cm³/mol. The number of thiocarbonyl (C=S) groups is 1. The molecule has 0 heterocycles. The second kappa shape index (κ2) is 9.03. The predicted octanol–water partition coefficient (Wildman–Crippen LogP) is 3.29. The van der Waals surface area contributed by atoms with E-state index >= 15 is 0 Å². The van der Waals surface area contributed by atoms with Gasteiger partial charge in [0.15, 0.2) is 5.11 Å². The van der Waals surface area contributed by atoms with Crippen LogP contribution in [0, 0.1) is 0 Å². The van der Waals surface area contributed by atoms with E-state index in [2.05, 4.69) is 10.6 Å². The molecular formula is C19H22N2O3S. The standard InChI is InChI=1S/C19H22N2O3S/c1-13(2)24-17-6-4-5-15(11-17)18(22)21-19(25)20-12-14-7-9-16(23-3)10-8-14/h4-11,13H,12H2,1-3H3,(H2,20,21,22,25). The minimum atomic E-state index is -0.276. The van der Waals surface area contributed by atoms with Crippen LogP contribution in [0.5, 0.6) is 11.5 Å². The van der Waals surface area contributed by atoms with E-state index in [4.69, 9.17) is 21.7 Å². The van der Waals surface area contributed by atoms with Gasteiger partial charge in [0, 0.05) is 12.1 Å². The highest BCUT2D eigenvalue weighted by Crippen LogP contribution is 2.15. The summed E-state index contributed by atoms with van der Waals surface area (Å²) in [6, 6.07) is 14.6. The van der Waals surface area contributed by atoms with Crippen molar-refractivity contribution in [3.8, 4) is 11.5 Å². The molecule has 0 radical (unpaired) electrons. The van der Waals surface area contributed by atoms with Gasteiger partial charge in [-0.2, -0.15) is 0 Å². The Labute approximate surface area is 153 Å². The minimum absolute atomic E-state index is 0.0468. The first kappa shape index (κ1) is 18.7. The quantitative estimate of drug-likeness (QED) is 0.776. The Morgan fingerprint density at radius 3 is 2.48 bits per heavy atom. The molecule has 2 rings (SSSR count). The Morgan fingerprint density at radius 2 is 1.84 bits per heavy atom. The van der Waals surface area contributed by atoms with E-state index in [1.807, 2.05) is 44.2 Å². The zero-order chi connectivity index (χ0) is 18.2. The molecule has 0 saturated carbocycles. The molecule has 2 aromatic rings. The fourth-order valence-corrected chi connectivity index (χ4v) is 2.29. The summed E-state index contributed by atoms with van der Waals surface area (Å²) in [7, 11) is 1.62. The maximum atomic E-state index is 12.3. The highest BCUT2D eigenvalue weighted by molar-refractivity contribution is 7.80. The number of hydrogen-bond donors (Lipinski definition) is 2. The number of amides is 1. The van der Waals surface area contributed by atoms with Crippen molar-refractivity contribution >= 4 is 23.2 Å². The lowest BCUT2D eigenvalue weighted by molar-refractivity contribution is 0.0976. The topological polar surface area (TPSA) is 59.6 Å². The molecule has 0 aromatic heterocycles. The summed E-state index contributed by atoms with van der Waals surface area (Å²) in [6.45, 7) is 4.38. The van der Waals surface area contributed by atoms with E-state index in [1.54, 1.807) is 25.3 Å². The Bertz CT molecular complexity index is 730. The van der Waals surface area contributed by atoms with Gasteiger partial charge in [-0.3, -0.25) is 10.1 Å². The van der Waals surface area contributed by atoms with E-state index in [0.29, 0.717) is 17.9 Å². The molecule has 0 saturated heterocycles. The zero-order valence-corrected chi connectivity index (χ0v) is 15.4. The third-order valence-corrected chi connectivity index (χ3v) is 3.55. The smallest absolute Gasteiger partial charge is 0.257 e. The molecule has 0 aliphatic heterocycles. The van der Waals surface area contributed by atoms with Gasteiger partial charge in [0.1, 0.15) is 11.5 Å². The lowest BCUT2D eigenvalue weighted by Crippen LogP contribution is -2.38. The second-order valence-electron chi connectivity index (χ2n) is 5.68. The number of nitrogens with one attached hydrogen (secondary N) is 2. The van der Waals surface area contributed by atoms with Gasteiger partial charge >= 0.3 is 0 Å². The van der Waals surface area contributed by atoms with E-state index < -0.39 is 0 Å². The molecule has 6 heteroatoms. The van der Waals surface area contributed by atoms with Gasteiger partial charge in [0.25, 0.3) is 5.91 Å². The van der Waals surface area contributed by atoms with Crippen LogP contribution in [0.25, 0.3) is 0 Å². The molecular weight excluding hydrogens is 336 g/mol. The summed E-state index contributed by atoms with van der Waals surface area (Å²) in [5.41, 5.74) is 1.52. The molecule has 132 valence electrons. The summed E-state index contributed by atoms with van der Waals surface area (Å²) >= 11 is 5.18. The van der Waals surface area contributed by atoms with E-state index in [-0.39, 0.29) is 17.1 Å². The number of rotatable bonds is 6. The molecule has 1 amide bonds. The summed E-state index contributed by atoms with van der Waals surface area (Å²) in [5.74, 6) is 1.17. The molecule has 0 bridgehead atoms. The normalized spacial score (nSPS) is 10.2. The fraction of sp³-hybridized carbons (Fsp3) is 0.263. The van der Waals surface area contributed by atoms with Crippen LogP contribution in [0.1, 0.15) is 29.8 Å². The lowest BCUT2D eigenvalue weighted by Gasteiger charge is -2.12. The molecule has 5 nitrogen and oxygen atoms in total. The lowest BCUT2D eigenvalue weighted by atomic mass is 10.2. The number of methoxy groups -OCH3 is 1. The molecule has 0 aliphatic carbocycles. The van der Waals surface area contributed by atoms with Gasteiger partial charge < -0.3 is 14.8 Å². The van der Waals surface area contributed by atoms with Crippen LogP contribution in [0.2, 0.25) is 0 Å². The highest BCUT2D eigenvalue weighted by atomic mass is 32.1. The van der Waals surface area contributed by atoms with Crippen molar-refractivity contribution in [3.05, 3.63) is 59.7 Å². The molecule has 0 unspecified atom stereocenters. The molecule has 0 aliphatic rings. The number of hydrogen-bond acceptors (Lipinski definition) is 4. The first-order chi connectivity index (χ1) is 12.0. The van der Waals surface area contributed by atoms with Crippen LogP contribution >= 0.6 is 12.2 Å². The maximum absolute atomic E-state index is 12.3. The van der Waals surface area contributed by atoms with Crippen molar-refractivity contribution in [1.82, 2.24) is 10.6 Å². The van der Waals surface area contributed by atoms with Crippen molar-refractivity contribution in [2.75, 3.05) is 7.11 Å². The average molecular weight is 358 g/mol. The van der Waals surface area contributed by atoms with Gasteiger partial charge in [-0.1, -0.05) is 18.2 Å². The molecule has 0 spiro atoms. The van der Waals surface area contributed by atoms with E-state index in [0.717, 1.165) is 11.3 Å². The van der Waals surface area contributed by atoms with Crippen LogP contribution in [0.3, 0.4) is 0 Å². The maximum Gasteiger partial charge on any atom is 0.257 e. The Balaban J connectivity index is 1.88. The summed E-state index contributed by atoms with van der Waals surface area (Å²) in [5, 5.41) is 5.96. The minimum Gasteiger partial charge on any atom is -0.497 e. The first-order valence-corrected chi connectivity index (χ1v) is 8.37. The number of carbonyl (C=O) groups is 1. The van der Waals surface area contributed by atoms with Gasteiger partial charge in [0.2, 0.25) is 0 Å². The molecule has 25 heavy (non-hydrogen) atoms. The van der Waals surface area contributed by atoms with E-state index in [1.165, 1.54) is 0 Å². The van der Waals surface area contributed by atoms with Crippen molar-refractivity contribution in [2.24, 2.45) is 0 Å². The van der Waals surface area contributed by atoms with Crippen molar-refractivity contribution in [3.63, 3.8) is 0 Å². The van der Waals surface area contributed by atoms with Crippen LogP contribution in [0.15, 0.2) is 48.5 Å². The number of benzene rings is 2. The van der Waals surface area contributed by atoms with Crippen molar-refractivity contribution < 1.29 is 14.3 Å². The summed E-state index contributed by atoms with van der Waals surface area (Å²) in [6.07, 6.45) is 0.0468. The Kier molecular flexibility index (Phi) is 6.77.